The molecule has 0 aliphatic carbocycles. The second-order valence-corrected chi connectivity index (χ2v) is 3.66. The van der Waals surface area contributed by atoms with Gasteiger partial charge in [-0.2, -0.15) is 10.4 Å². The predicted molar refractivity (Wildman–Crippen MR) is 64.4 cm³/mol. The van der Waals surface area contributed by atoms with Gasteiger partial charge in [0.05, 0.1) is 0 Å². The molecule has 17 heavy (non-hydrogen) atoms. The van der Waals surface area contributed by atoms with Crippen molar-refractivity contribution in [2.24, 2.45) is 7.05 Å². The first-order valence-electron chi connectivity index (χ1n) is 5.36. The second kappa shape index (κ2) is 5.12. The molecule has 1 N–H and O–H groups in total. The number of nitrogens with one attached hydrogen (secondary N) is 1. The summed E-state index contributed by atoms with van der Waals surface area (Å²) in [4.78, 5) is 3.91. The highest BCUT2D eigenvalue weighted by molar-refractivity contribution is 5.45. The highest BCUT2D eigenvalue weighted by atomic mass is 15.3. The molecule has 0 radical (unpaired) electrons. The van der Waals surface area contributed by atoms with E-state index in [1.165, 1.54) is 5.69 Å². The van der Waals surface area contributed by atoms with E-state index >= 15 is 0 Å². The van der Waals surface area contributed by atoms with Gasteiger partial charge in [0, 0.05) is 43.8 Å². The van der Waals surface area contributed by atoms with Crippen molar-refractivity contribution in [3.8, 4) is 6.07 Å². The van der Waals surface area contributed by atoms with Crippen molar-refractivity contribution in [3.63, 3.8) is 0 Å². The van der Waals surface area contributed by atoms with Gasteiger partial charge in [0.2, 0.25) is 0 Å². The van der Waals surface area contributed by atoms with E-state index < -0.39 is 0 Å². The number of hydrogen-bond donors (Lipinski definition) is 1. The lowest BCUT2D eigenvalue weighted by Crippen LogP contribution is -2.08. The van der Waals surface area contributed by atoms with E-state index in [9.17, 15) is 0 Å². The van der Waals surface area contributed by atoms with E-state index in [1.54, 1.807) is 18.5 Å². The highest BCUT2D eigenvalue weighted by Crippen LogP contribution is 2.07. The lowest BCUT2D eigenvalue weighted by atomic mass is 10.3. The van der Waals surface area contributed by atoms with Crippen LogP contribution in [0.25, 0.3) is 0 Å². The third kappa shape index (κ3) is 2.82. The quantitative estimate of drug-likeness (QED) is 0.856. The molecule has 2 aromatic heterocycles. The molecule has 86 valence electrons. The van der Waals surface area contributed by atoms with Crippen molar-refractivity contribution in [2.75, 3.05) is 11.9 Å². The van der Waals surface area contributed by atoms with Crippen LogP contribution < -0.4 is 5.32 Å². The molecule has 0 bridgehead atoms. The van der Waals surface area contributed by atoms with Crippen molar-refractivity contribution in [1.82, 2.24) is 14.8 Å². The summed E-state index contributed by atoms with van der Waals surface area (Å²) in [5.41, 5.74) is 2.52. The summed E-state index contributed by atoms with van der Waals surface area (Å²) in [5.74, 6) is 0. The molecule has 2 heterocycles. The summed E-state index contributed by atoms with van der Waals surface area (Å²) in [7, 11) is 1.93. The van der Waals surface area contributed by atoms with Crippen molar-refractivity contribution in [1.29, 1.82) is 5.26 Å². The molecule has 0 atom stereocenters. The highest BCUT2D eigenvalue weighted by Gasteiger charge is 1.99. The van der Waals surface area contributed by atoms with Crippen molar-refractivity contribution < 1.29 is 0 Å². The Morgan fingerprint density at radius 3 is 3.00 bits per heavy atom. The zero-order chi connectivity index (χ0) is 12.1. The molecule has 0 saturated carbocycles. The number of hydrogen-bond acceptors (Lipinski definition) is 4. The van der Waals surface area contributed by atoms with Gasteiger partial charge in [-0.25, -0.2) is 4.98 Å². The molecular formula is C12H13N5. The standard InChI is InChI=1S/C12H13N5/c1-17-12(4-7-16-17)3-6-14-10-2-5-15-11(8-10)9-13/h2,4-5,7-8H,3,6H2,1H3,(H,14,15). The smallest absolute Gasteiger partial charge is 0.142 e. The largest absolute Gasteiger partial charge is 0.385 e. The molecule has 0 fully saturated rings. The number of aryl methyl sites for hydroxylation is 1. The molecule has 0 unspecified atom stereocenters. The van der Waals surface area contributed by atoms with Gasteiger partial charge < -0.3 is 5.32 Å². The first-order chi connectivity index (χ1) is 8.29. The van der Waals surface area contributed by atoms with Crippen molar-refractivity contribution in [2.45, 2.75) is 6.42 Å². The summed E-state index contributed by atoms with van der Waals surface area (Å²) < 4.78 is 1.86. The average molecular weight is 227 g/mol. The lowest BCUT2D eigenvalue weighted by molar-refractivity contribution is 0.711. The van der Waals surface area contributed by atoms with Crippen LogP contribution in [0.2, 0.25) is 0 Å². The zero-order valence-electron chi connectivity index (χ0n) is 9.59. The minimum Gasteiger partial charge on any atom is -0.385 e. The summed E-state index contributed by atoms with van der Waals surface area (Å²) in [5, 5.41) is 16.1. The number of aromatic nitrogens is 3. The lowest BCUT2D eigenvalue weighted by Gasteiger charge is -2.06. The van der Waals surface area contributed by atoms with Crippen LogP contribution in [0, 0.1) is 11.3 Å². The van der Waals surface area contributed by atoms with Crippen LogP contribution >= 0.6 is 0 Å². The summed E-state index contributed by atoms with van der Waals surface area (Å²) in [6.07, 6.45) is 4.31. The van der Waals surface area contributed by atoms with Crippen LogP contribution in [-0.2, 0) is 13.5 Å². The van der Waals surface area contributed by atoms with E-state index in [0.29, 0.717) is 5.69 Å². The monoisotopic (exact) mass is 227 g/mol. The maximum absolute atomic E-state index is 8.72. The van der Waals surface area contributed by atoms with Crippen molar-refractivity contribution >= 4 is 5.69 Å². The van der Waals surface area contributed by atoms with Gasteiger partial charge in [0.1, 0.15) is 11.8 Å². The van der Waals surface area contributed by atoms with Gasteiger partial charge in [-0.3, -0.25) is 4.68 Å². The molecular weight excluding hydrogens is 214 g/mol. The van der Waals surface area contributed by atoms with E-state index in [1.807, 2.05) is 29.9 Å². The Labute approximate surface area is 99.7 Å². The average Bonchev–Trinajstić information content (AvgIpc) is 2.76. The summed E-state index contributed by atoms with van der Waals surface area (Å²) >= 11 is 0. The van der Waals surface area contributed by atoms with Gasteiger partial charge in [0.15, 0.2) is 0 Å². The zero-order valence-corrected chi connectivity index (χ0v) is 9.59. The van der Waals surface area contributed by atoms with E-state index in [-0.39, 0.29) is 0 Å². The molecule has 0 aliphatic heterocycles. The number of rotatable bonds is 4. The Hall–Kier alpha value is -2.35. The molecule has 0 amide bonds. The van der Waals surface area contributed by atoms with Crippen LogP contribution in [0.3, 0.4) is 0 Å². The van der Waals surface area contributed by atoms with Crippen LogP contribution in [0.5, 0.6) is 0 Å². The normalized spacial score (nSPS) is 9.88. The van der Waals surface area contributed by atoms with Crippen LogP contribution in [-0.4, -0.2) is 21.3 Å². The van der Waals surface area contributed by atoms with E-state index in [2.05, 4.69) is 15.4 Å². The summed E-state index contributed by atoms with van der Waals surface area (Å²) in [6, 6.07) is 7.60. The molecule has 5 heteroatoms. The molecule has 5 nitrogen and oxygen atoms in total. The first kappa shape index (κ1) is 11.1. The molecule has 0 aliphatic rings. The van der Waals surface area contributed by atoms with Gasteiger partial charge >= 0.3 is 0 Å². The molecule has 0 spiro atoms. The number of nitriles is 1. The number of pyridine rings is 1. The second-order valence-electron chi connectivity index (χ2n) is 3.66. The minimum absolute atomic E-state index is 0.426. The fourth-order valence-electron chi connectivity index (χ4n) is 1.58. The Kier molecular flexibility index (Phi) is 3.36. The van der Waals surface area contributed by atoms with Crippen LogP contribution in [0.4, 0.5) is 5.69 Å². The maximum atomic E-state index is 8.72. The Morgan fingerprint density at radius 2 is 2.29 bits per heavy atom. The van der Waals surface area contributed by atoms with Crippen molar-refractivity contribution in [3.05, 3.63) is 42.0 Å². The van der Waals surface area contributed by atoms with Crippen LogP contribution in [0.1, 0.15) is 11.4 Å². The Balaban J connectivity index is 1.90. The van der Waals surface area contributed by atoms with Gasteiger partial charge in [-0.05, 0) is 18.2 Å². The fraction of sp³-hybridized carbons (Fsp3) is 0.250. The molecule has 0 aromatic carbocycles. The number of anilines is 1. The molecule has 0 saturated heterocycles. The van der Waals surface area contributed by atoms with Gasteiger partial charge in [0.25, 0.3) is 0 Å². The SMILES string of the molecule is Cn1nccc1CCNc1ccnc(C#N)c1. The first-order valence-corrected chi connectivity index (χ1v) is 5.36. The Bertz CT molecular complexity index is 538. The predicted octanol–water partition coefficient (Wildman–Crippen LogP) is 1.34. The minimum atomic E-state index is 0.426. The van der Waals surface area contributed by atoms with Crippen LogP contribution in [0.15, 0.2) is 30.6 Å². The molecule has 2 rings (SSSR count). The molecule has 2 aromatic rings. The van der Waals surface area contributed by atoms with E-state index in [4.69, 9.17) is 5.26 Å². The van der Waals surface area contributed by atoms with Gasteiger partial charge in [-0.15, -0.1) is 0 Å². The van der Waals surface area contributed by atoms with E-state index in [0.717, 1.165) is 18.7 Å². The Morgan fingerprint density at radius 1 is 1.41 bits per heavy atom. The van der Waals surface area contributed by atoms with Gasteiger partial charge in [-0.1, -0.05) is 0 Å². The topological polar surface area (TPSA) is 66.5 Å². The number of nitrogens with zero attached hydrogens (tertiary/aromatic N) is 4. The fourth-order valence-corrected chi connectivity index (χ4v) is 1.58. The summed E-state index contributed by atoms with van der Waals surface area (Å²) in [6.45, 7) is 0.800. The third-order valence-electron chi connectivity index (χ3n) is 2.51. The maximum Gasteiger partial charge on any atom is 0.142 e. The third-order valence-corrected chi connectivity index (χ3v) is 2.51.